The first-order valence-corrected chi connectivity index (χ1v) is 9.18. The van der Waals surface area contributed by atoms with E-state index in [2.05, 4.69) is 39.4 Å². The lowest BCUT2D eigenvalue weighted by molar-refractivity contribution is -0.149. The van der Waals surface area contributed by atoms with Crippen LogP contribution in [0.3, 0.4) is 0 Å². The first-order chi connectivity index (χ1) is 10.9. The molecule has 0 bridgehead atoms. The summed E-state index contributed by atoms with van der Waals surface area (Å²) in [5.41, 5.74) is 0. The van der Waals surface area contributed by atoms with Crippen LogP contribution in [0.25, 0.3) is 0 Å². The standard InChI is InChI=1S/C13H26O2.C6H12O2/c1-5-7-12(8-6-2)13(14)15-10-9-11(3)4;1-3-4-5-8-6(2)7/h11-12H,5-10H2,1-4H3;3-5H2,1-2H3. The van der Waals surface area contributed by atoms with Gasteiger partial charge in [0.05, 0.1) is 19.1 Å². The summed E-state index contributed by atoms with van der Waals surface area (Å²) in [5, 5.41) is 0. The number of hydrogen-bond donors (Lipinski definition) is 0. The minimum absolute atomic E-state index is 0.0133. The van der Waals surface area contributed by atoms with E-state index in [0.717, 1.165) is 44.9 Å². The zero-order chi connectivity index (χ0) is 18.1. The van der Waals surface area contributed by atoms with Gasteiger partial charge in [-0.05, 0) is 31.6 Å². The van der Waals surface area contributed by atoms with E-state index in [-0.39, 0.29) is 17.9 Å². The van der Waals surface area contributed by atoms with Gasteiger partial charge in [0.25, 0.3) is 0 Å². The largest absolute Gasteiger partial charge is 0.466 e. The van der Waals surface area contributed by atoms with Crippen molar-refractivity contribution in [1.82, 2.24) is 0 Å². The number of rotatable bonds is 11. The van der Waals surface area contributed by atoms with Crippen LogP contribution in [0, 0.1) is 11.8 Å². The van der Waals surface area contributed by atoms with E-state index in [9.17, 15) is 9.59 Å². The van der Waals surface area contributed by atoms with Gasteiger partial charge in [-0.25, -0.2) is 0 Å². The Kier molecular flexibility index (Phi) is 18.2. The van der Waals surface area contributed by atoms with E-state index in [1.54, 1.807) is 0 Å². The van der Waals surface area contributed by atoms with Crippen LogP contribution in [0.4, 0.5) is 0 Å². The molecule has 0 aliphatic rings. The van der Waals surface area contributed by atoms with Gasteiger partial charge in [-0.15, -0.1) is 0 Å². The van der Waals surface area contributed by atoms with Crippen LogP contribution in [0.1, 0.15) is 86.5 Å². The molecule has 0 spiro atoms. The number of carbonyl (C=O) groups is 2. The van der Waals surface area contributed by atoms with E-state index < -0.39 is 0 Å². The molecule has 0 fully saturated rings. The Morgan fingerprint density at radius 1 is 0.826 bits per heavy atom. The van der Waals surface area contributed by atoms with Crippen LogP contribution in [0.15, 0.2) is 0 Å². The van der Waals surface area contributed by atoms with Crippen molar-refractivity contribution in [1.29, 1.82) is 0 Å². The Morgan fingerprint density at radius 2 is 1.39 bits per heavy atom. The minimum atomic E-state index is -0.182. The number of unbranched alkanes of at least 4 members (excludes halogenated alkanes) is 1. The molecular formula is C19H38O4. The summed E-state index contributed by atoms with van der Waals surface area (Å²) in [6, 6.07) is 0. The quantitative estimate of drug-likeness (QED) is 0.389. The molecule has 4 heteroatoms. The zero-order valence-electron chi connectivity index (χ0n) is 16.2. The van der Waals surface area contributed by atoms with E-state index >= 15 is 0 Å². The molecule has 23 heavy (non-hydrogen) atoms. The van der Waals surface area contributed by atoms with E-state index in [4.69, 9.17) is 4.74 Å². The van der Waals surface area contributed by atoms with Crippen LogP contribution in [0.5, 0.6) is 0 Å². The summed E-state index contributed by atoms with van der Waals surface area (Å²) < 4.78 is 9.92. The van der Waals surface area contributed by atoms with Crippen molar-refractivity contribution in [3.63, 3.8) is 0 Å². The highest BCUT2D eigenvalue weighted by Gasteiger charge is 2.17. The summed E-state index contributed by atoms with van der Waals surface area (Å²) in [5.74, 6) is 0.568. The number of esters is 2. The van der Waals surface area contributed by atoms with Gasteiger partial charge in [-0.3, -0.25) is 9.59 Å². The summed E-state index contributed by atoms with van der Waals surface area (Å²) in [6.45, 7) is 13.2. The van der Waals surface area contributed by atoms with Gasteiger partial charge in [0.15, 0.2) is 0 Å². The first-order valence-electron chi connectivity index (χ1n) is 9.18. The molecule has 0 saturated heterocycles. The molecule has 0 amide bonds. The van der Waals surface area contributed by atoms with Gasteiger partial charge >= 0.3 is 11.9 Å². The molecule has 0 unspecified atom stereocenters. The third-order valence-electron chi connectivity index (χ3n) is 3.35. The molecule has 0 atom stereocenters. The van der Waals surface area contributed by atoms with Gasteiger partial charge in [0.1, 0.15) is 0 Å². The Labute approximate surface area is 143 Å². The average molecular weight is 331 g/mol. The number of carbonyl (C=O) groups excluding carboxylic acids is 2. The topological polar surface area (TPSA) is 52.6 Å². The van der Waals surface area contributed by atoms with Gasteiger partial charge in [0.2, 0.25) is 0 Å². The zero-order valence-corrected chi connectivity index (χ0v) is 16.2. The molecule has 0 aliphatic carbocycles. The van der Waals surface area contributed by atoms with E-state index in [0.29, 0.717) is 19.1 Å². The van der Waals surface area contributed by atoms with E-state index in [1.165, 1.54) is 6.92 Å². The van der Waals surface area contributed by atoms with Crippen molar-refractivity contribution in [2.75, 3.05) is 13.2 Å². The molecule has 0 rings (SSSR count). The second kappa shape index (κ2) is 17.3. The first kappa shape index (κ1) is 24.2. The normalized spacial score (nSPS) is 10.3. The summed E-state index contributed by atoms with van der Waals surface area (Å²) in [6.07, 6.45) is 7.07. The molecular weight excluding hydrogens is 292 g/mol. The van der Waals surface area contributed by atoms with Crippen LogP contribution in [0.2, 0.25) is 0 Å². The summed E-state index contributed by atoms with van der Waals surface area (Å²) in [4.78, 5) is 21.8. The predicted octanol–water partition coefficient (Wildman–Crippen LogP) is 5.14. The Hall–Kier alpha value is -1.06. The maximum Gasteiger partial charge on any atom is 0.308 e. The van der Waals surface area contributed by atoms with Gasteiger partial charge in [0, 0.05) is 6.92 Å². The lowest BCUT2D eigenvalue weighted by atomic mass is 9.99. The van der Waals surface area contributed by atoms with Crippen LogP contribution >= 0.6 is 0 Å². The molecule has 0 aromatic rings. The second-order valence-electron chi connectivity index (χ2n) is 6.32. The van der Waals surface area contributed by atoms with Crippen LogP contribution < -0.4 is 0 Å². The van der Waals surface area contributed by atoms with Crippen molar-refractivity contribution < 1.29 is 19.1 Å². The second-order valence-corrected chi connectivity index (χ2v) is 6.32. The fraction of sp³-hybridized carbons (Fsp3) is 0.895. The Balaban J connectivity index is 0. The smallest absolute Gasteiger partial charge is 0.308 e. The highest BCUT2D eigenvalue weighted by molar-refractivity contribution is 5.72. The number of hydrogen-bond acceptors (Lipinski definition) is 4. The lowest BCUT2D eigenvalue weighted by Gasteiger charge is -2.14. The molecule has 0 radical (unpaired) electrons. The Morgan fingerprint density at radius 3 is 1.78 bits per heavy atom. The molecule has 0 aromatic carbocycles. The predicted molar refractivity (Wildman–Crippen MR) is 95.3 cm³/mol. The molecule has 0 aromatic heterocycles. The molecule has 138 valence electrons. The highest BCUT2D eigenvalue weighted by atomic mass is 16.5. The molecule has 0 N–H and O–H groups in total. The van der Waals surface area contributed by atoms with Crippen molar-refractivity contribution in [2.45, 2.75) is 86.5 Å². The minimum Gasteiger partial charge on any atom is -0.466 e. The third-order valence-corrected chi connectivity index (χ3v) is 3.35. The van der Waals surface area contributed by atoms with Gasteiger partial charge < -0.3 is 9.47 Å². The molecule has 0 heterocycles. The van der Waals surface area contributed by atoms with Gasteiger partial charge in [-0.1, -0.05) is 53.9 Å². The molecule has 0 aliphatic heterocycles. The maximum absolute atomic E-state index is 11.7. The van der Waals surface area contributed by atoms with Crippen molar-refractivity contribution in [3.8, 4) is 0 Å². The van der Waals surface area contributed by atoms with Gasteiger partial charge in [-0.2, -0.15) is 0 Å². The van der Waals surface area contributed by atoms with Crippen LogP contribution in [-0.4, -0.2) is 25.2 Å². The van der Waals surface area contributed by atoms with Crippen molar-refractivity contribution >= 4 is 11.9 Å². The maximum atomic E-state index is 11.7. The average Bonchev–Trinajstić information content (AvgIpc) is 2.47. The number of ether oxygens (including phenoxy) is 2. The SMILES string of the molecule is CCCC(CCC)C(=O)OCCC(C)C.CCCCOC(C)=O. The molecule has 0 saturated carbocycles. The Bertz CT molecular complexity index is 281. The highest BCUT2D eigenvalue weighted by Crippen LogP contribution is 2.15. The fourth-order valence-electron chi connectivity index (χ4n) is 1.95. The lowest BCUT2D eigenvalue weighted by Crippen LogP contribution is -2.18. The summed E-state index contributed by atoms with van der Waals surface area (Å²) in [7, 11) is 0. The van der Waals surface area contributed by atoms with Crippen molar-refractivity contribution in [2.24, 2.45) is 11.8 Å². The summed E-state index contributed by atoms with van der Waals surface area (Å²) >= 11 is 0. The van der Waals surface area contributed by atoms with Crippen molar-refractivity contribution in [3.05, 3.63) is 0 Å². The fourth-order valence-corrected chi connectivity index (χ4v) is 1.95. The van der Waals surface area contributed by atoms with E-state index in [1.807, 2.05) is 0 Å². The van der Waals surface area contributed by atoms with Crippen LogP contribution in [-0.2, 0) is 19.1 Å². The molecule has 4 nitrogen and oxygen atoms in total. The third kappa shape index (κ3) is 18.9. The monoisotopic (exact) mass is 330 g/mol.